The van der Waals surface area contributed by atoms with E-state index in [2.05, 4.69) is 0 Å². The number of aryl methyl sites for hydroxylation is 2. The second kappa shape index (κ2) is 7.34. The largest absolute Gasteiger partial charge is 0.374 e. The molecule has 142 valence electrons. The number of hydrogen-bond donors (Lipinski definition) is 0. The van der Waals surface area contributed by atoms with Gasteiger partial charge in [-0.1, -0.05) is 36.4 Å². The van der Waals surface area contributed by atoms with Crippen molar-refractivity contribution in [3.63, 3.8) is 0 Å². The highest BCUT2D eigenvalue weighted by Gasteiger charge is 2.25. The van der Waals surface area contributed by atoms with Crippen LogP contribution in [0.15, 0.2) is 69.1 Å². The first-order valence-corrected chi connectivity index (χ1v) is 11.5. The zero-order valence-electron chi connectivity index (χ0n) is 14.4. The lowest BCUT2D eigenvalue weighted by atomic mass is 10.2. The zero-order valence-corrected chi connectivity index (χ0v) is 16.9. The van der Waals surface area contributed by atoms with Gasteiger partial charge in [0.2, 0.25) is 0 Å². The van der Waals surface area contributed by atoms with Crippen LogP contribution in [0.5, 0.6) is 11.5 Å². The predicted octanol–water partition coefficient (Wildman–Crippen LogP) is 3.90. The minimum absolute atomic E-state index is 0.00362. The molecule has 0 atom stereocenters. The lowest BCUT2D eigenvalue weighted by Crippen LogP contribution is -2.14. The number of hydrogen-bond acceptors (Lipinski definition) is 7. The van der Waals surface area contributed by atoms with E-state index in [-0.39, 0.29) is 21.3 Å². The van der Waals surface area contributed by atoms with Crippen LogP contribution in [-0.4, -0.2) is 16.8 Å². The van der Waals surface area contributed by atoms with E-state index in [1.165, 1.54) is 22.9 Å². The molecule has 6 nitrogen and oxygen atoms in total. The van der Waals surface area contributed by atoms with Gasteiger partial charge in [-0.25, -0.2) is 0 Å². The smallest absolute Gasteiger partial charge is 0.339 e. The minimum Gasteiger partial charge on any atom is -0.374 e. The van der Waals surface area contributed by atoms with Crippen LogP contribution in [0.1, 0.15) is 11.1 Å². The normalized spacial score (nSPS) is 11.9. The molecule has 0 aliphatic heterocycles. The summed E-state index contributed by atoms with van der Waals surface area (Å²) < 4.78 is 60.4. The molecule has 1 aromatic heterocycles. The van der Waals surface area contributed by atoms with Crippen LogP contribution >= 0.6 is 11.3 Å². The summed E-state index contributed by atoms with van der Waals surface area (Å²) in [5.41, 5.74) is 1.03. The van der Waals surface area contributed by atoms with Crippen LogP contribution in [0.25, 0.3) is 0 Å². The van der Waals surface area contributed by atoms with Crippen LogP contribution in [0.4, 0.5) is 0 Å². The molecule has 0 aliphatic rings. The summed E-state index contributed by atoms with van der Waals surface area (Å²) in [5, 5.41) is 2.75. The molecule has 0 bridgehead atoms. The molecule has 0 saturated carbocycles. The Bertz CT molecular complexity index is 1090. The standard InChI is InChI=1S/C18H16O6S3/c1-13-7-3-5-9-17(13)26(19,20)23-15-11-25-12-16(15)24-27(21,22)18-10-6-4-8-14(18)2/h3-12H,1-2H3. The Kier molecular flexibility index (Phi) is 5.27. The average molecular weight is 425 g/mol. The highest BCUT2D eigenvalue weighted by atomic mass is 32.2. The molecule has 0 radical (unpaired) electrons. The van der Waals surface area contributed by atoms with E-state index in [1.807, 2.05) is 0 Å². The molecule has 0 unspecified atom stereocenters. The molecular weight excluding hydrogens is 408 g/mol. The Morgan fingerprint density at radius 3 is 1.41 bits per heavy atom. The number of rotatable bonds is 6. The first-order chi connectivity index (χ1) is 12.7. The Balaban J connectivity index is 1.91. The van der Waals surface area contributed by atoms with Crippen LogP contribution < -0.4 is 8.37 Å². The van der Waals surface area contributed by atoms with Gasteiger partial charge in [0.25, 0.3) is 0 Å². The van der Waals surface area contributed by atoms with E-state index in [4.69, 9.17) is 8.37 Å². The molecule has 9 heteroatoms. The van der Waals surface area contributed by atoms with Crippen molar-refractivity contribution in [3.8, 4) is 11.5 Å². The Hall–Kier alpha value is -2.36. The molecule has 0 fully saturated rings. The van der Waals surface area contributed by atoms with Gasteiger partial charge in [0.1, 0.15) is 9.79 Å². The van der Waals surface area contributed by atoms with Crippen molar-refractivity contribution in [1.82, 2.24) is 0 Å². The fraction of sp³-hybridized carbons (Fsp3) is 0.111. The van der Waals surface area contributed by atoms with E-state index in [0.29, 0.717) is 11.1 Å². The predicted molar refractivity (Wildman–Crippen MR) is 102 cm³/mol. The van der Waals surface area contributed by atoms with Crippen molar-refractivity contribution in [2.75, 3.05) is 0 Å². The van der Waals surface area contributed by atoms with E-state index in [0.717, 1.165) is 11.3 Å². The summed E-state index contributed by atoms with van der Waals surface area (Å²) in [6.45, 7) is 3.29. The Morgan fingerprint density at radius 2 is 1.04 bits per heavy atom. The first kappa shape index (κ1) is 19.4. The van der Waals surface area contributed by atoms with Crippen LogP contribution in [0.2, 0.25) is 0 Å². The van der Waals surface area contributed by atoms with Gasteiger partial charge < -0.3 is 8.37 Å². The van der Waals surface area contributed by atoms with Gasteiger partial charge in [0.05, 0.1) is 0 Å². The van der Waals surface area contributed by atoms with E-state index in [9.17, 15) is 16.8 Å². The van der Waals surface area contributed by atoms with Crippen molar-refractivity contribution in [2.24, 2.45) is 0 Å². The topological polar surface area (TPSA) is 86.7 Å². The zero-order chi connectivity index (χ0) is 19.7. The second-order valence-electron chi connectivity index (χ2n) is 5.71. The van der Waals surface area contributed by atoms with Gasteiger partial charge in [0.15, 0.2) is 11.5 Å². The van der Waals surface area contributed by atoms with E-state index >= 15 is 0 Å². The molecule has 27 heavy (non-hydrogen) atoms. The van der Waals surface area contributed by atoms with Crippen molar-refractivity contribution in [2.45, 2.75) is 23.6 Å². The van der Waals surface area contributed by atoms with Crippen LogP contribution in [-0.2, 0) is 20.2 Å². The fourth-order valence-electron chi connectivity index (χ4n) is 2.40. The van der Waals surface area contributed by atoms with Crippen LogP contribution in [0.3, 0.4) is 0 Å². The minimum atomic E-state index is -4.13. The molecule has 0 aliphatic carbocycles. The second-order valence-corrected chi connectivity index (χ2v) is 9.48. The molecule has 0 spiro atoms. The summed E-state index contributed by atoms with van der Waals surface area (Å²) in [6.07, 6.45) is 0. The highest BCUT2D eigenvalue weighted by molar-refractivity contribution is 7.87. The fourth-order valence-corrected chi connectivity index (χ4v) is 5.49. The van der Waals surface area contributed by atoms with Crippen molar-refractivity contribution in [3.05, 3.63) is 70.4 Å². The number of benzene rings is 2. The van der Waals surface area contributed by atoms with Gasteiger partial charge in [0, 0.05) is 10.8 Å². The Labute approximate surface area is 162 Å². The van der Waals surface area contributed by atoms with Gasteiger partial charge in [-0.05, 0) is 37.1 Å². The molecule has 0 N–H and O–H groups in total. The van der Waals surface area contributed by atoms with Gasteiger partial charge >= 0.3 is 20.2 Å². The maximum Gasteiger partial charge on any atom is 0.339 e. The van der Waals surface area contributed by atoms with E-state index < -0.39 is 20.2 Å². The van der Waals surface area contributed by atoms with Gasteiger partial charge in [-0.3, -0.25) is 0 Å². The summed E-state index contributed by atoms with van der Waals surface area (Å²) in [5.74, 6) is -0.360. The molecular formula is C18H16O6S3. The van der Waals surface area contributed by atoms with E-state index in [1.54, 1.807) is 50.2 Å². The molecule has 0 amide bonds. The molecule has 2 aromatic carbocycles. The van der Waals surface area contributed by atoms with Crippen molar-refractivity contribution in [1.29, 1.82) is 0 Å². The molecule has 0 saturated heterocycles. The maximum atomic E-state index is 12.5. The monoisotopic (exact) mass is 424 g/mol. The third kappa shape index (κ3) is 4.15. The lowest BCUT2D eigenvalue weighted by Gasteiger charge is -2.11. The molecule has 3 rings (SSSR count). The molecule has 1 heterocycles. The summed E-state index contributed by atoms with van der Waals surface area (Å²) in [4.78, 5) is 0.00724. The van der Waals surface area contributed by atoms with Crippen molar-refractivity contribution < 1.29 is 25.2 Å². The third-order valence-electron chi connectivity index (χ3n) is 3.72. The first-order valence-electron chi connectivity index (χ1n) is 7.77. The lowest BCUT2D eigenvalue weighted by molar-refractivity contribution is 0.451. The quantitative estimate of drug-likeness (QED) is 0.558. The maximum absolute atomic E-state index is 12.5. The molecule has 3 aromatic rings. The third-order valence-corrected chi connectivity index (χ3v) is 7.21. The van der Waals surface area contributed by atoms with Gasteiger partial charge in [-0.15, -0.1) is 11.3 Å². The highest BCUT2D eigenvalue weighted by Crippen LogP contribution is 2.36. The van der Waals surface area contributed by atoms with Gasteiger partial charge in [-0.2, -0.15) is 16.8 Å². The number of thiophene rings is 1. The average Bonchev–Trinajstić information content (AvgIpc) is 3.00. The summed E-state index contributed by atoms with van der Waals surface area (Å²) in [7, 11) is -8.27. The van der Waals surface area contributed by atoms with Crippen molar-refractivity contribution >= 4 is 31.6 Å². The summed E-state index contributed by atoms with van der Waals surface area (Å²) in [6, 6.07) is 12.7. The van der Waals surface area contributed by atoms with Crippen LogP contribution in [0, 0.1) is 13.8 Å². The Morgan fingerprint density at radius 1 is 0.667 bits per heavy atom. The SMILES string of the molecule is Cc1ccccc1S(=O)(=O)Oc1cscc1OS(=O)(=O)c1ccccc1C. The summed E-state index contributed by atoms with van der Waals surface area (Å²) >= 11 is 1.07.